The van der Waals surface area contributed by atoms with Gasteiger partial charge in [0.1, 0.15) is 11.4 Å². The topological polar surface area (TPSA) is 51.2 Å². The Morgan fingerprint density at radius 2 is 2.21 bits per heavy atom. The van der Waals surface area contributed by atoms with Gasteiger partial charge in [-0.1, -0.05) is 6.07 Å². The van der Waals surface area contributed by atoms with Crippen LogP contribution in [0, 0.1) is 0 Å². The van der Waals surface area contributed by atoms with Gasteiger partial charge in [0.2, 0.25) is 0 Å². The van der Waals surface area contributed by atoms with Crippen LogP contribution in [0.2, 0.25) is 0 Å². The zero-order valence-electron chi connectivity index (χ0n) is 8.57. The maximum Gasteiger partial charge on any atom is 0.330 e. The first-order valence-corrected chi connectivity index (χ1v) is 4.34. The van der Waals surface area contributed by atoms with Crippen LogP contribution in [-0.4, -0.2) is 23.6 Å². The number of pyridine rings is 1. The smallest absolute Gasteiger partial charge is 0.330 e. The second kappa shape index (κ2) is 4.09. The van der Waals surface area contributed by atoms with E-state index in [2.05, 4.69) is 15.0 Å². The van der Waals surface area contributed by atoms with Crippen molar-refractivity contribution in [2.24, 2.45) is 0 Å². The number of methoxy groups -OCH3 is 1. The quantitative estimate of drug-likeness (QED) is 0.740. The van der Waals surface area contributed by atoms with E-state index in [1.807, 2.05) is 12.1 Å². The number of carbonyl (C=O) groups excluding carboxylic acids is 1. The van der Waals surface area contributed by atoms with Crippen LogP contribution in [-0.2, 0) is 9.53 Å². The summed E-state index contributed by atoms with van der Waals surface area (Å²) in [6, 6.07) is 5.46. The summed E-state index contributed by atoms with van der Waals surface area (Å²) in [4.78, 5) is 15.4. The van der Waals surface area contributed by atoms with Crippen molar-refractivity contribution in [1.29, 1.82) is 0 Å². The van der Waals surface area contributed by atoms with Crippen molar-refractivity contribution in [3.05, 3.63) is 24.4 Å². The van der Waals surface area contributed by atoms with E-state index < -0.39 is 5.54 Å². The molecule has 0 bridgehead atoms. The van der Waals surface area contributed by atoms with E-state index in [4.69, 9.17) is 0 Å². The van der Waals surface area contributed by atoms with Gasteiger partial charge < -0.3 is 10.1 Å². The Balaban J connectivity index is 2.73. The Labute approximate surface area is 83.3 Å². The Bertz CT molecular complexity index is 309. The maximum atomic E-state index is 11.3. The van der Waals surface area contributed by atoms with Gasteiger partial charge in [0.05, 0.1) is 7.11 Å². The average Bonchev–Trinajstić information content (AvgIpc) is 2.17. The molecular formula is C10H14N2O2. The molecule has 0 aromatic carbocycles. The molecule has 0 radical (unpaired) electrons. The summed E-state index contributed by atoms with van der Waals surface area (Å²) in [5.41, 5.74) is -0.761. The molecule has 0 saturated heterocycles. The molecule has 1 N–H and O–H groups in total. The van der Waals surface area contributed by atoms with Crippen molar-refractivity contribution in [2.75, 3.05) is 12.4 Å². The van der Waals surface area contributed by atoms with Crippen molar-refractivity contribution < 1.29 is 9.53 Å². The second-order valence-corrected chi connectivity index (χ2v) is 3.46. The van der Waals surface area contributed by atoms with Gasteiger partial charge in [-0.3, -0.25) is 0 Å². The van der Waals surface area contributed by atoms with E-state index in [1.165, 1.54) is 7.11 Å². The monoisotopic (exact) mass is 194 g/mol. The third-order valence-corrected chi connectivity index (χ3v) is 1.80. The van der Waals surface area contributed by atoms with Crippen molar-refractivity contribution in [2.45, 2.75) is 19.4 Å². The molecule has 76 valence electrons. The molecule has 0 spiro atoms. The van der Waals surface area contributed by atoms with Gasteiger partial charge in [-0.25, -0.2) is 9.78 Å². The van der Waals surface area contributed by atoms with E-state index >= 15 is 0 Å². The van der Waals surface area contributed by atoms with E-state index in [0.717, 1.165) is 0 Å². The van der Waals surface area contributed by atoms with E-state index in [-0.39, 0.29) is 5.97 Å². The van der Waals surface area contributed by atoms with Crippen LogP contribution in [0.15, 0.2) is 24.4 Å². The molecule has 0 atom stereocenters. The molecule has 0 fully saturated rings. The first-order chi connectivity index (χ1) is 6.56. The minimum absolute atomic E-state index is 0.317. The molecule has 1 aromatic rings. The number of hydrogen-bond donors (Lipinski definition) is 1. The molecule has 1 heterocycles. The molecule has 1 rings (SSSR count). The van der Waals surface area contributed by atoms with Gasteiger partial charge in [-0.2, -0.15) is 0 Å². The largest absolute Gasteiger partial charge is 0.467 e. The highest BCUT2D eigenvalue weighted by Crippen LogP contribution is 2.13. The number of anilines is 1. The Morgan fingerprint density at radius 1 is 1.50 bits per heavy atom. The Hall–Kier alpha value is -1.58. The minimum Gasteiger partial charge on any atom is -0.467 e. The molecule has 4 nitrogen and oxygen atoms in total. The van der Waals surface area contributed by atoms with Crippen LogP contribution in [0.3, 0.4) is 0 Å². The highest BCUT2D eigenvalue weighted by Gasteiger charge is 2.28. The second-order valence-electron chi connectivity index (χ2n) is 3.46. The number of nitrogens with one attached hydrogen (secondary N) is 1. The molecule has 4 heteroatoms. The fourth-order valence-corrected chi connectivity index (χ4v) is 1.06. The van der Waals surface area contributed by atoms with Crippen LogP contribution >= 0.6 is 0 Å². The lowest BCUT2D eigenvalue weighted by Crippen LogP contribution is -2.41. The maximum absolute atomic E-state index is 11.3. The SMILES string of the molecule is COC(=O)C(C)(C)Nc1ccccn1. The lowest BCUT2D eigenvalue weighted by Gasteiger charge is -2.23. The molecule has 14 heavy (non-hydrogen) atoms. The van der Waals surface area contributed by atoms with E-state index in [9.17, 15) is 4.79 Å². The highest BCUT2D eigenvalue weighted by molar-refractivity contribution is 5.82. The summed E-state index contributed by atoms with van der Waals surface area (Å²) >= 11 is 0. The summed E-state index contributed by atoms with van der Waals surface area (Å²) in [7, 11) is 1.37. The summed E-state index contributed by atoms with van der Waals surface area (Å²) in [6.07, 6.45) is 1.66. The number of nitrogens with zero attached hydrogens (tertiary/aromatic N) is 1. The normalized spacial score (nSPS) is 10.8. The van der Waals surface area contributed by atoms with Crippen LogP contribution in [0.5, 0.6) is 0 Å². The first-order valence-electron chi connectivity index (χ1n) is 4.34. The number of hydrogen-bond acceptors (Lipinski definition) is 4. The summed E-state index contributed by atoms with van der Waals surface area (Å²) in [5.74, 6) is 0.339. The fourth-order valence-electron chi connectivity index (χ4n) is 1.06. The molecule has 0 unspecified atom stereocenters. The van der Waals surface area contributed by atoms with Gasteiger partial charge in [-0.15, -0.1) is 0 Å². The van der Waals surface area contributed by atoms with Gasteiger partial charge in [0.15, 0.2) is 0 Å². The summed E-state index contributed by atoms with van der Waals surface area (Å²) < 4.78 is 4.66. The summed E-state index contributed by atoms with van der Waals surface area (Å²) in [6.45, 7) is 3.49. The third-order valence-electron chi connectivity index (χ3n) is 1.80. The van der Waals surface area contributed by atoms with E-state index in [0.29, 0.717) is 5.82 Å². The molecule has 0 aliphatic heterocycles. The zero-order valence-corrected chi connectivity index (χ0v) is 8.57. The van der Waals surface area contributed by atoms with E-state index in [1.54, 1.807) is 26.1 Å². The third kappa shape index (κ3) is 2.45. The summed E-state index contributed by atoms with van der Waals surface area (Å²) in [5, 5.41) is 2.98. The van der Waals surface area contributed by atoms with Crippen molar-refractivity contribution in [3.8, 4) is 0 Å². The van der Waals surface area contributed by atoms with Crippen molar-refractivity contribution >= 4 is 11.8 Å². The number of ether oxygens (including phenoxy) is 1. The van der Waals surface area contributed by atoms with Crippen LogP contribution in [0.4, 0.5) is 5.82 Å². The minimum atomic E-state index is -0.761. The Morgan fingerprint density at radius 3 is 2.71 bits per heavy atom. The number of esters is 1. The lowest BCUT2D eigenvalue weighted by atomic mass is 10.1. The number of aromatic nitrogens is 1. The van der Waals surface area contributed by atoms with Crippen LogP contribution < -0.4 is 5.32 Å². The van der Waals surface area contributed by atoms with Crippen molar-refractivity contribution in [3.63, 3.8) is 0 Å². The van der Waals surface area contributed by atoms with Gasteiger partial charge in [0.25, 0.3) is 0 Å². The van der Waals surface area contributed by atoms with Gasteiger partial charge >= 0.3 is 5.97 Å². The molecule has 0 aliphatic carbocycles. The molecule has 0 aliphatic rings. The number of carbonyl (C=O) groups is 1. The average molecular weight is 194 g/mol. The highest BCUT2D eigenvalue weighted by atomic mass is 16.5. The Kier molecular flexibility index (Phi) is 3.06. The molecule has 0 saturated carbocycles. The predicted octanol–water partition coefficient (Wildman–Crippen LogP) is 1.45. The standard InChI is InChI=1S/C10H14N2O2/c1-10(2,9(13)14-3)12-8-6-4-5-7-11-8/h4-7H,1-3H3,(H,11,12). The van der Waals surface area contributed by atoms with Gasteiger partial charge in [-0.05, 0) is 26.0 Å². The fraction of sp³-hybridized carbons (Fsp3) is 0.400. The van der Waals surface area contributed by atoms with Crippen LogP contribution in [0.25, 0.3) is 0 Å². The van der Waals surface area contributed by atoms with Crippen LogP contribution in [0.1, 0.15) is 13.8 Å². The molecule has 1 aromatic heterocycles. The van der Waals surface area contributed by atoms with Gasteiger partial charge in [0, 0.05) is 6.20 Å². The first kappa shape index (κ1) is 10.5. The zero-order chi connectivity index (χ0) is 10.6. The molecule has 0 amide bonds. The predicted molar refractivity (Wildman–Crippen MR) is 54.0 cm³/mol. The lowest BCUT2D eigenvalue weighted by molar-refractivity contribution is -0.144. The number of rotatable bonds is 3. The molecular weight excluding hydrogens is 180 g/mol. The van der Waals surface area contributed by atoms with Crippen molar-refractivity contribution in [1.82, 2.24) is 4.98 Å².